The van der Waals surface area contributed by atoms with E-state index in [0.717, 1.165) is 47.7 Å². The van der Waals surface area contributed by atoms with Gasteiger partial charge in [0.05, 0.1) is 23.9 Å². The maximum absolute atomic E-state index is 12.9. The van der Waals surface area contributed by atoms with Crippen LogP contribution in [0.15, 0.2) is 90.0 Å². The van der Waals surface area contributed by atoms with Crippen LogP contribution in [-0.4, -0.2) is 45.3 Å². The fourth-order valence-electron chi connectivity index (χ4n) is 4.49. The van der Waals surface area contributed by atoms with E-state index in [4.69, 9.17) is 0 Å². The van der Waals surface area contributed by atoms with Gasteiger partial charge in [0.2, 0.25) is 5.91 Å². The molecule has 0 spiro atoms. The number of aromatic nitrogens is 4. The lowest BCUT2D eigenvalue weighted by molar-refractivity contribution is -0.125. The first-order valence-electron chi connectivity index (χ1n) is 12.2. The molecule has 2 aromatic heterocycles. The molecule has 0 bridgehead atoms. The van der Waals surface area contributed by atoms with Gasteiger partial charge in [0.1, 0.15) is 12.1 Å². The molecule has 0 aliphatic carbocycles. The van der Waals surface area contributed by atoms with Crippen LogP contribution in [-0.2, 0) is 11.3 Å². The maximum atomic E-state index is 12.9. The zero-order valence-corrected chi connectivity index (χ0v) is 20.0. The average Bonchev–Trinajstić information content (AvgIpc) is 2.95. The molecule has 1 saturated heterocycles. The minimum absolute atomic E-state index is 0.00991. The zero-order chi connectivity index (χ0) is 24.7. The Labute approximate surface area is 209 Å². The highest BCUT2D eigenvalue weighted by molar-refractivity contribution is 5.79. The molecule has 0 saturated carbocycles. The van der Waals surface area contributed by atoms with Crippen molar-refractivity contribution in [2.45, 2.75) is 19.4 Å². The van der Waals surface area contributed by atoms with Crippen LogP contribution in [0.4, 0.5) is 5.82 Å². The molecule has 5 rings (SSSR count). The molecule has 1 unspecified atom stereocenters. The van der Waals surface area contributed by atoms with Gasteiger partial charge in [0.15, 0.2) is 0 Å². The molecule has 1 aliphatic heterocycles. The van der Waals surface area contributed by atoms with Crippen molar-refractivity contribution in [2.75, 3.05) is 24.5 Å². The number of hydrogen-bond acceptors (Lipinski definition) is 6. The molecule has 36 heavy (non-hydrogen) atoms. The first kappa shape index (κ1) is 23.4. The highest BCUT2D eigenvalue weighted by atomic mass is 16.2. The monoisotopic (exact) mass is 480 g/mol. The molecule has 4 aromatic rings. The minimum atomic E-state index is -0.189. The Morgan fingerprint density at radius 2 is 1.64 bits per heavy atom. The summed E-state index contributed by atoms with van der Waals surface area (Å²) in [6, 6.07) is 24.9. The van der Waals surface area contributed by atoms with Gasteiger partial charge in [-0.15, -0.1) is 0 Å². The molecule has 1 N–H and O–H groups in total. The number of amides is 1. The number of carbonyl (C=O) groups excluding carboxylic acids is 1. The number of piperidine rings is 1. The maximum Gasteiger partial charge on any atom is 0.266 e. The quantitative estimate of drug-likeness (QED) is 0.436. The van der Waals surface area contributed by atoms with Crippen molar-refractivity contribution < 1.29 is 4.79 Å². The van der Waals surface area contributed by atoms with E-state index in [0.29, 0.717) is 19.6 Å². The molecule has 1 aliphatic rings. The van der Waals surface area contributed by atoms with Crippen LogP contribution in [0.2, 0.25) is 0 Å². The van der Waals surface area contributed by atoms with Crippen molar-refractivity contribution in [3.63, 3.8) is 0 Å². The average molecular weight is 481 g/mol. The Bertz CT molecular complexity index is 1370. The van der Waals surface area contributed by atoms with E-state index in [1.165, 1.54) is 10.7 Å². The second-order valence-electron chi connectivity index (χ2n) is 8.85. The molecular formula is C28H28N6O2. The summed E-state index contributed by atoms with van der Waals surface area (Å²) in [5, 5.41) is 7.47. The summed E-state index contributed by atoms with van der Waals surface area (Å²) in [5.74, 6) is 0.674. The van der Waals surface area contributed by atoms with Gasteiger partial charge in [-0.2, -0.15) is 5.10 Å². The van der Waals surface area contributed by atoms with E-state index in [-0.39, 0.29) is 17.4 Å². The van der Waals surface area contributed by atoms with E-state index >= 15 is 0 Å². The normalized spacial score (nSPS) is 15.4. The Balaban J connectivity index is 1.19. The molecular weight excluding hydrogens is 452 g/mol. The summed E-state index contributed by atoms with van der Waals surface area (Å²) in [6.07, 6.45) is 3.30. The fourth-order valence-corrected chi connectivity index (χ4v) is 4.49. The molecule has 1 atom stereocenters. The van der Waals surface area contributed by atoms with Gasteiger partial charge >= 0.3 is 0 Å². The molecule has 1 amide bonds. The lowest BCUT2D eigenvalue weighted by atomic mass is 9.97. The zero-order valence-electron chi connectivity index (χ0n) is 20.0. The Hall–Kier alpha value is -4.33. The first-order valence-corrected chi connectivity index (χ1v) is 12.2. The second-order valence-corrected chi connectivity index (χ2v) is 8.85. The lowest BCUT2D eigenvalue weighted by Crippen LogP contribution is -2.44. The van der Waals surface area contributed by atoms with Gasteiger partial charge in [-0.05, 0) is 18.9 Å². The summed E-state index contributed by atoms with van der Waals surface area (Å²) >= 11 is 0. The summed E-state index contributed by atoms with van der Waals surface area (Å²) in [7, 11) is 0. The second kappa shape index (κ2) is 10.9. The van der Waals surface area contributed by atoms with Gasteiger partial charge in [-0.3, -0.25) is 9.59 Å². The molecule has 0 radical (unpaired) electrons. The van der Waals surface area contributed by atoms with E-state index < -0.39 is 0 Å². The number of hydrogen-bond donors (Lipinski definition) is 1. The third-order valence-corrected chi connectivity index (χ3v) is 6.40. The summed E-state index contributed by atoms with van der Waals surface area (Å²) in [4.78, 5) is 36.3. The molecule has 1 fully saturated rings. The van der Waals surface area contributed by atoms with Crippen molar-refractivity contribution in [1.29, 1.82) is 0 Å². The molecule has 2 aromatic carbocycles. The number of rotatable bonds is 7. The summed E-state index contributed by atoms with van der Waals surface area (Å²) in [6.45, 7) is 2.10. The van der Waals surface area contributed by atoms with E-state index in [1.54, 1.807) is 12.4 Å². The fraction of sp³-hybridized carbons (Fsp3) is 0.250. The van der Waals surface area contributed by atoms with Crippen molar-refractivity contribution in [2.24, 2.45) is 5.92 Å². The van der Waals surface area contributed by atoms with Crippen molar-refractivity contribution in [3.8, 4) is 22.5 Å². The highest BCUT2D eigenvalue weighted by Gasteiger charge is 2.26. The minimum Gasteiger partial charge on any atom is -0.356 e. The molecule has 8 nitrogen and oxygen atoms in total. The van der Waals surface area contributed by atoms with Crippen molar-refractivity contribution >= 4 is 11.7 Å². The van der Waals surface area contributed by atoms with Crippen molar-refractivity contribution in [3.05, 3.63) is 95.5 Å². The molecule has 182 valence electrons. The van der Waals surface area contributed by atoms with Gasteiger partial charge in [0, 0.05) is 42.9 Å². The Morgan fingerprint density at radius 3 is 2.39 bits per heavy atom. The SMILES string of the molecule is O=C(NCCn1nc(-c2ccccc2)ccc1=O)C1CCCN(c2cc(-c3ccccc3)ncn2)C1. The van der Waals surface area contributed by atoms with Crippen LogP contribution < -0.4 is 15.8 Å². The van der Waals surface area contributed by atoms with E-state index in [2.05, 4.69) is 25.3 Å². The molecule has 8 heteroatoms. The third kappa shape index (κ3) is 5.49. The van der Waals surface area contributed by atoms with Gasteiger partial charge < -0.3 is 10.2 Å². The Morgan fingerprint density at radius 1 is 0.917 bits per heavy atom. The number of nitrogens with zero attached hydrogens (tertiary/aromatic N) is 5. The number of anilines is 1. The van der Waals surface area contributed by atoms with Gasteiger partial charge in [-0.25, -0.2) is 14.6 Å². The van der Waals surface area contributed by atoms with E-state index in [9.17, 15) is 9.59 Å². The van der Waals surface area contributed by atoms with Gasteiger partial charge in [-0.1, -0.05) is 60.7 Å². The van der Waals surface area contributed by atoms with E-state index in [1.807, 2.05) is 66.7 Å². The van der Waals surface area contributed by atoms with Gasteiger partial charge in [0.25, 0.3) is 5.56 Å². The summed E-state index contributed by atoms with van der Waals surface area (Å²) in [5.41, 5.74) is 3.38. The predicted octanol–water partition coefficient (Wildman–Crippen LogP) is 3.40. The number of nitrogens with one attached hydrogen (secondary N) is 1. The van der Waals surface area contributed by atoms with Crippen LogP contribution in [0.5, 0.6) is 0 Å². The lowest BCUT2D eigenvalue weighted by Gasteiger charge is -2.33. The van der Waals surface area contributed by atoms with Crippen LogP contribution >= 0.6 is 0 Å². The Kier molecular flexibility index (Phi) is 7.12. The highest BCUT2D eigenvalue weighted by Crippen LogP contribution is 2.25. The predicted molar refractivity (Wildman–Crippen MR) is 139 cm³/mol. The van der Waals surface area contributed by atoms with Crippen LogP contribution in [0, 0.1) is 5.92 Å². The standard InChI is InChI=1S/C28H28N6O2/c35-27-14-13-24(21-8-3-1-4-9-21)32-34(27)17-15-29-28(36)23-12-7-16-33(19-23)26-18-25(30-20-31-26)22-10-5-2-6-11-22/h1-6,8-11,13-14,18,20,23H,7,12,15-17,19H2,(H,29,36). The first-order chi connectivity index (χ1) is 17.7. The van der Waals surface area contributed by atoms with Crippen LogP contribution in [0.1, 0.15) is 12.8 Å². The largest absolute Gasteiger partial charge is 0.356 e. The smallest absolute Gasteiger partial charge is 0.266 e. The van der Waals surface area contributed by atoms with Crippen LogP contribution in [0.3, 0.4) is 0 Å². The third-order valence-electron chi connectivity index (χ3n) is 6.40. The van der Waals surface area contributed by atoms with Crippen LogP contribution in [0.25, 0.3) is 22.5 Å². The molecule has 3 heterocycles. The van der Waals surface area contributed by atoms with Crippen molar-refractivity contribution in [1.82, 2.24) is 25.1 Å². The summed E-state index contributed by atoms with van der Waals surface area (Å²) < 4.78 is 1.40. The topological polar surface area (TPSA) is 93.0 Å². The number of benzene rings is 2. The number of carbonyl (C=O) groups is 1.